The number of allylic oxidation sites excluding steroid dienone is 2. The second-order valence-electron chi connectivity index (χ2n) is 7.96. The van der Waals surface area contributed by atoms with E-state index in [0.717, 1.165) is 26.0 Å². The topological polar surface area (TPSA) is 38.3 Å². The van der Waals surface area contributed by atoms with Crippen LogP contribution < -0.4 is 5.32 Å². The first-order valence-electron chi connectivity index (χ1n) is 11.7. The van der Waals surface area contributed by atoms with Gasteiger partial charge in [-0.15, -0.1) is 0 Å². The molecule has 0 atom stereocenters. The molecule has 1 N–H and O–H groups in total. The molecule has 0 aromatic rings. The van der Waals surface area contributed by atoms with Crippen molar-refractivity contribution in [2.75, 3.05) is 13.2 Å². The maximum Gasteiger partial charge on any atom is 0.219 e. The number of hydrogen-bond acceptors (Lipinski definition) is 2. The summed E-state index contributed by atoms with van der Waals surface area (Å²) in [6, 6.07) is 0. The van der Waals surface area contributed by atoms with Crippen LogP contribution in [0.15, 0.2) is 12.2 Å². The van der Waals surface area contributed by atoms with Crippen LogP contribution in [0.25, 0.3) is 0 Å². The van der Waals surface area contributed by atoms with Gasteiger partial charge in [-0.2, -0.15) is 0 Å². The van der Waals surface area contributed by atoms with Crippen LogP contribution in [0.5, 0.6) is 0 Å². The van der Waals surface area contributed by atoms with Gasteiger partial charge in [0.05, 0.1) is 6.10 Å². The normalized spacial score (nSPS) is 11.6. The van der Waals surface area contributed by atoms with Gasteiger partial charge in [-0.3, -0.25) is 4.79 Å². The van der Waals surface area contributed by atoms with Crippen LogP contribution in [0.1, 0.15) is 117 Å². The fourth-order valence-corrected chi connectivity index (χ4v) is 3.06. The summed E-state index contributed by atoms with van der Waals surface area (Å²) in [6.07, 6.45) is 23.4. The number of rotatable bonds is 20. The van der Waals surface area contributed by atoms with E-state index in [1.165, 1.54) is 77.0 Å². The Kier molecular flexibility index (Phi) is 20.8. The number of ether oxygens (including phenoxy) is 1. The van der Waals surface area contributed by atoms with Gasteiger partial charge >= 0.3 is 0 Å². The summed E-state index contributed by atoms with van der Waals surface area (Å²) < 4.78 is 5.46. The third kappa shape index (κ3) is 23.1. The second kappa shape index (κ2) is 21.5. The Morgan fingerprint density at radius 2 is 1.37 bits per heavy atom. The van der Waals surface area contributed by atoms with E-state index in [9.17, 15) is 4.79 Å². The fraction of sp³-hybridized carbons (Fsp3) is 0.875. The molecule has 0 aliphatic heterocycles. The molecule has 0 unspecified atom stereocenters. The molecule has 27 heavy (non-hydrogen) atoms. The SMILES string of the molecule is CCCCCCCC/C=C/CCCCCCCC(=O)NCCCOC(C)C. The largest absolute Gasteiger partial charge is 0.379 e. The molecule has 0 aromatic heterocycles. The molecule has 0 rings (SSSR count). The van der Waals surface area contributed by atoms with Crippen LogP contribution in [0, 0.1) is 0 Å². The van der Waals surface area contributed by atoms with Crippen molar-refractivity contribution >= 4 is 5.91 Å². The van der Waals surface area contributed by atoms with E-state index in [4.69, 9.17) is 4.74 Å². The van der Waals surface area contributed by atoms with Gasteiger partial charge in [0.2, 0.25) is 5.91 Å². The van der Waals surface area contributed by atoms with E-state index in [-0.39, 0.29) is 12.0 Å². The third-order valence-corrected chi connectivity index (χ3v) is 4.76. The van der Waals surface area contributed by atoms with E-state index in [1.54, 1.807) is 0 Å². The first-order valence-corrected chi connectivity index (χ1v) is 11.7. The molecular weight excluding hydrogens is 334 g/mol. The molecule has 0 aliphatic carbocycles. The minimum absolute atomic E-state index is 0.192. The number of amides is 1. The molecule has 1 amide bonds. The maximum absolute atomic E-state index is 11.7. The zero-order chi connectivity index (χ0) is 20.0. The Morgan fingerprint density at radius 3 is 1.96 bits per heavy atom. The Hall–Kier alpha value is -0.830. The van der Waals surface area contributed by atoms with Gasteiger partial charge in [-0.1, -0.05) is 70.4 Å². The third-order valence-electron chi connectivity index (χ3n) is 4.76. The van der Waals surface area contributed by atoms with E-state index >= 15 is 0 Å². The Bertz CT molecular complexity index is 339. The van der Waals surface area contributed by atoms with Crippen LogP contribution in [0.2, 0.25) is 0 Å². The molecular formula is C24H47NO2. The van der Waals surface area contributed by atoms with Crippen molar-refractivity contribution in [3.05, 3.63) is 12.2 Å². The maximum atomic E-state index is 11.7. The lowest BCUT2D eigenvalue weighted by Crippen LogP contribution is -2.25. The van der Waals surface area contributed by atoms with Crippen molar-refractivity contribution < 1.29 is 9.53 Å². The number of unbranched alkanes of at least 4 members (excludes halogenated alkanes) is 11. The highest BCUT2D eigenvalue weighted by molar-refractivity contribution is 5.75. The van der Waals surface area contributed by atoms with E-state index < -0.39 is 0 Å². The molecule has 3 heteroatoms. The van der Waals surface area contributed by atoms with Gasteiger partial charge in [-0.05, 0) is 52.4 Å². The van der Waals surface area contributed by atoms with Crippen molar-refractivity contribution in [2.24, 2.45) is 0 Å². The molecule has 3 nitrogen and oxygen atoms in total. The van der Waals surface area contributed by atoms with Crippen molar-refractivity contribution in [3.63, 3.8) is 0 Å². The monoisotopic (exact) mass is 381 g/mol. The molecule has 0 aliphatic rings. The molecule has 0 spiro atoms. The molecule has 0 aromatic carbocycles. The van der Waals surface area contributed by atoms with Crippen molar-refractivity contribution in [2.45, 2.75) is 123 Å². The standard InChI is InChI=1S/C24H47NO2/c1-4-5-6-7-8-9-10-11-12-13-14-15-16-17-18-20-24(26)25-21-19-22-27-23(2)3/h11-12,23H,4-10,13-22H2,1-3H3,(H,25,26)/b12-11+. The molecule has 0 bridgehead atoms. The minimum atomic E-state index is 0.192. The smallest absolute Gasteiger partial charge is 0.219 e. The summed E-state index contributed by atoms with van der Waals surface area (Å²) in [5, 5.41) is 2.98. The average Bonchev–Trinajstić information content (AvgIpc) is 2.64. The first kappa shape index (κ1) is 26.2. The quantitative estimate of drug-likeness (QED) is 0.183. The van der Waals surface area contributed by atoms with E-state index in [2.05, 4.69) is 24.4 Å². The average molecular weight is 382 g/mol. The van der Waals surface area contributed by atoms with Gasteiger partial charge in [-0.25, -0.2) is 0 Å². The van der Waals surface area contributed by atoms with Crippen LogP contribution >= 0.6 is 0 Å². The second-order valence-corrected chi connectivity index (χ2v) is 7.96. The van der Waals surface area contributed by atoms with Gasteiger partial charge in [0.1, 0.15) is 0 Å². The van der Waals surface area contributed by atoms with Crippen LogP contribution in [-0.4, -0.2) is 25.2 Å². The van der Waals surface area contributed by atoms with Crippen LogP contribution in [0.4, 0.5) is 0 Å². The fourth-order valence-electron chi connectivity index (χ4n) is 3.06. The predicted molar refractivity (Wildman–Crippen MR) is 118 cm³/mol. The van der Waals surface area contributed by atoms with Gasteiger partial charge in [0, 0.05) is 19.6 Å². The molecule has 0 saturated carbocycles. The molecule has 0 saturated heterocycles. The molecule has 0 heterocycles. The highest BCUT2D eigenvalue weighted by Gasteiger charge is 2.00. The molecule has 160 valence electrons. The first-order chi connectivity index (χ1) is 13.2. The number of hydrogen-bond donors (Lipinski definition) is 1. The van der Waals surface area contributed by atoms with Crippen molar-refractivity contribution in [1.29, 1.82) is 0 Å². The van der Waals surface area contributed by atoms with E-state index in [0.29, 0.717) is 6.42 Å². The number of carbonyl (C=O) groups excluding carboxylic acids is 1. The van der Waals surface area contributed by atoms with Crippen LogP contribution in [0.3, 0.4) is 0 Å². The van der Waals surface area contributed by atoms with Gasteiger partial charge < -0.3 is 10.1 Å². The lowest BCUT2D eigenvalue weighted by molar-refractivity contribution is -0.121. The highest BCUT2D eigenvalue weighted by atomic mass is 16.5. The van der Waals surface area contributed by atoms with Crippen molar-refractivity contribution in [1.82, 2.24) is 5.32 Å². The minimum Gasteiger partial charge on any atom is -0.379 e. The van der Waals surface area contributed by atoms with Crippen molar-refractivity contribution in [3.8, 4) is 0 Å². The zero-order valence-electron chi connectivity index (χ0n) is 18.6. The Labute approximate surface area is 169 Å². The Balaban J connectivity index is 3.21. The van der Waals surface area contributed by atoms with Gasteiger partial charge in [0.25, 0.3) is 0 Å². The summed E-state index contributed by atoms with van der Waals surface area (Å²) in [4.78, 5) is 11.7. The summed E-state index contributed by atoms with van der Waals surface area (Å²) in [7, 11) is 0. The lowest BCUT2D eigenvalue weighted by Gasteiger charge is -2.08. The molecule has 0 fully saturated rings. The summed E-state index contributed by atoms with van der Waals surface area (Å²) in [5.74, 6) is 0.192. The van der Waals surface area contributed by atoms with Crippen LogP contribution in [-0.2, 0) is 9.53 Å². The zero-order valence-corrected chi connectivity index (χ0v) is 18.6. The highest BCUT2D eigenvalue weighted by Crippen LogP contribution is 2.09. The summed E-state index contributed by atoms with van der Waals surface area (Å²) >= 11 is 0. The predicted octanol–water partition coefficient (Wildman–Crippen LogP) is 6.96. The lowest BCUT2D eigenvalue weighted by atomic mass is 10.1. The molecule has 0 radical (unpaired) electrons. The number of nitrogens with one attached hydrogen (secondary N) is 1. The summed E-state index contributed by atoms with van der Waals surface area (Å²) in [6.45, 7) is 7.80. The Morgan fingerprint density at radius 1 is 0.815 bits per heavy atom. The van der Waals surface area contributed by atoms with E-state index in [1.807, 2.05) is 13.8 Å². The number of carbonyl (C=O) groups is 1. The summed E-state index contributed by atoms with van der Waals surface area (Å²) in [5.41, 5.74) is 0. The van der Waals surface area contributed by atoms with Gasteiger partial charge in [0.15, 0.2) is 0 Å².